The normalized spacial score (nSPS) is 17.4. The van der Waals surface area contributed by atoms with Gasteiger partial charge in [-0.3, -0.25) is 4.79 Å². The van der Waals surface area contributed by atoms with Crippen LogP contribution in [-0.4, -0.2) is 29.6 Å². The molecule has 7 heteroatoms. The Morgan fingerprint density at radius 1 is 1.45 bits per heavy atom. The number of carbonyl (C=O) groups is 2. The second-order valence-corrected chi connectivity index (χ2v) is 5.03. The summed E-state index contributed by atoms with van der Waals surface area (Å²) in [6, 6.07) is 2.72. The van der Waals surface area contributed by atoms with Crippen molar-refractivity contribution in [3.05, 3.63) is 28.3 Å². The van der Waals surface area contributed by atoms with Gasteiger partial charge < -0.3 is 15.7 Å². The van der Waals surface area contributed by atoms with E-state index in [1.165, 1.54) is 6.07 Å². The second-order valence-electron chi connectivity index (χ2n) is 4.59. The van der Waals surface area contributed by atoms with E-state index in [0.717, 1.165) is 19.4 Å². The van der Waals surface area contributed by atoms with Crippen LogP contribution in [0.15, 0.2) is 12.1 Å². The van der Waals surface area contributed by atoms with Gasteiger partial charge in [0.05, 0.1) is 17.3 Å². The Labute approximate surface area is 128 Å². The summed E-state index contributed by atoms with van der Waals surface area (Å²) in [6.07, 6.45) is 1.71. The van der Waals surface area contributed by atoms with Gasteiger partial charge in [-0.1, -0.05) is 11.6 Å². The van der Waals surface area contributed by atoms with E-state index in [4.69, 9.17) is 16.7 Å². The number of carbonyl (C=O) groups excluding carboxylic acids is 1. The zero-order valence-corrected chi connectivity index (χ0v) is 12.5. The van der Waals surface area contributed by atoms with Crippen molar-refractivity contribution in [3.8, 4) is 0 Å². The maximum absolute atomic E-state index is 12.0. The Hall–Kier alpha value is -1.30. The lowest BCUT2D eigenvalue weighted by Gasteiger charge is -2.15. The minimum Gasteiger partial charge on any atom is -0.478 e. The van der Waals surface area contributed by atoms with Crippen molar-refractivity contribution < 1.29 is 14.7 Å². The third kappa shape index (κ3) is 3.62. The molecule has 1 fully saturated rings. The van der Waals surface area contributed by atoms with Gasteiger partial charge in [-0.15, -0.1) is 12.4 Å². The fourth-order valence-corrected chi connectivity index (χ4v) is 2.47. The number of hydrogen-bond acceptors (Lipinski definition) is 3. The van der Waals surface area contributed by atoms with E-state index in [0.29, 0.717) is 16.3 Å². The Balaban J connectivity index is 0.00000200. The van der Waals surface area contributed by atoms with Gasteiger partial charge in [0.2, 0.25) is 5.91 Å². The molecule has 0 aromatic heterocycles. The Bertz CT molecular complexity index is 529. The molecule has 2 rings (SSSR count). The topological polar surface area (TPSA) is 78.4 Å². The molecule has 1 aromatic rings. The highest BCUT2D eigenvalue weighted by Crippen LogP contribution is 2.26. The van der Waals surface area contributed by atoms with Gasteiger partial charge in [0.1, 0.15) is 0 Å². The highest BCUT2D eigenvalue weighted by molar-refractivity contribution is 6.31. The van der Waals surface area contributed by atoms with Crippen molar-refractivity contribution in [2.75, 3.05) is 11.9 Å². The molecule has 1 amide bonds. The van der Waals surface area contributed by atoms with Crippen LogP contribution in [0.2, 0.25) is 5.02 Å². The van der Waals surface area contributed by atoms with Crippen LogP contribution in [0.3, 0.4) is 0 Å². The summed E-state index contributed by atoms with van der Waals surface area (Å²) in [5.74, 6) is -1.31. The van der Waals surface area contributed by atoms with Crippen LogP contribution < -0.4 is 10.6 Å². The molecule has 1 aliphatic heterocycles. The number of halogens is 2. The van der Waals surface area contributed by atoms with Crippen molar-refractivity contribution >= 4 is 41.6 Å². The predicted octanol–water partition coefficient (Wildman–Crippen LogP) is 2.46. The number of carboxylic acid groups (broad SMARTS) is 1. The molecule has 0 unspecified atom stereocenters. The first-order chi connectivity index (χ1) is 8.99. The summed E-state index contributed by atoms with van der Waals surface area (Å²) in [5.41, 5.74) is 0.961. The molecule has 0 aliphatic carbocycles. The smallest absolute Gasteiger partial charge is 0.337 e. The molecule has 5 nitrogen and oxygen atoms in total. The van der Waals surface area contributed by atoms with Crippen LogP contribution in [0.4, 0.5) is 5.69 Å². The van der Waals surface area contributed by atoms with Gasteiger partial charge >= 0.3 is 5.97 Å². The number of carboxylic acids is 1. The van der Waals surface area contributed by atoms with Gasteiger partial charge in [0, 0.05) is 5.02 Å². The molecule has 1 aromatic carbocycles. The van der Waals surface area contributed by atoms with Crippen molar-refractivity contribution in [1.82, 2.24) is 5.32 Å². The lowest BCUT2D eigenvalue weighted by atomic mass is 10.1. The summed E-state index contributed by atoms with van der Waals surface area (Å²) in [4.78, 5) is 23.2. The van der Waals surface area contributed by atoms with Gasteiger partial charge in [-0.05, 0) is 44.0 Å². The van der Waals surface area contributed by atoms with E-state index in [1.807, 2.05) is 0 Å². The highest BCUT2D eigenvalue weighted by Gasteiger charge is 2.24. The zero-order chi connectivity index (χ0) is 14.0. The van der Waals surface area contributed by atoms with Crippen LogP contribution in [0.25, 0.3) is 0 Å². The first kappa shape index (κ1) is 16.8. The number of anilines is 1. The molecule has 20 heavy (non-hydrogen) atoms. The number of amides is 1. The maximum atomic E-state index is 12.0. The van der Waals surface area contributed by atoms with Gasteiger partial charge in [0.15, 0.2) is 0 Å². The molecule has 1 aliphatic rings. The van der Waals surface area contributed by atoms with Crippen LogP contribution >= 0.6 is 24.0 Å². The molecule has 110 valence electrons. The average molecular weight is 319 g/mol. The van der Waals surface area contributed by atoms with E-state index in [-0.39, 0.29) is 29.9 Å². The number of benzene rings is 1. The number of nitrogens with one attached hydrogen (secondary N) is 2. The first-order valence-corrected chi connectivity index (χ1v) is 6.44. The summed E-state index contributed by atoms with van der Waals surface area (Å²) < 4.78 is 0. The Kier molecular flexibility index (Phi) is 5.80. The van der Waals surface area contributed by atoms with Crippen molar-refractivity contribution in [2.45, 2.75) is 25.8 Å². The first-order valence-electron chi connectivity index (χ1n) is 6.06. The SMILES string of the molecule is Cc1cc(Cl)cc(C(=O)O)c1NC(=O)[C@@H]1CCCN1.Cl. The lowest BCUT2D eigenvalue weighted by Crippen LogP contribution is -2.36. The van der Waals surface area contributed by atoms with Crippen LogP contribution in [-0.2, 0) is 4.79 Å². The minimum atomic E-state index is -1.11. The fourth-order valence-electron chi connectivity index (χ4n) is 2.20. The van der Waals surface area contributed by atoms with E-state index < -0.39 is 5.97 Å². The number of hydrogen-bond donors (Lipinski definition) is 3. The molecular weight excluding hydrogens is 303 g/mol. The predicted molar refractivity (Wildman–Crippen MR) is 80.1 cm³/mol. The largest absolute Gasteiger partial charge is 0.478 e. The summed E-state index contributed by atoms with van der Waals surface area (Å²) in [5, 5.41) is 15.3. The molecule has 0 saturated carbocycles. The van der Waals surface area contributed by atoms with Gasteiger partial charge in [-0.25, -0.2) is 4.79 Å². The minimum absolute atomic E-state index is 0. The van der Waals surface area contributed by atoms with Gasteiger partial charge in [-0.2, -0.15) is 0 Å². The van der Waals surface area contributed by atoms with E-state index >= 15 is 0 Å². The van der Waals surface area contributed by atoms with Crippen LogP contribution in [0, 0.1) is 6.92 Å². The van der Waals surface area contributed by atoms with Crippen LogP contribution in [0.1, 0.15) is 28.8 Å². The summed E-state index contributed by atoms with van der Waals surface area (Å²) >= 11 is 5.84. The molecule has 1 heterocycles. The third-order valence-corrected chi connectivity index (χ3v) is 3.37. The lowest BCUT2D eigenvalue weighted by molar-refractivity contribution is -0.117. The quantitative estimate of drug-likeness (QED) is 0.800. The third-order valence-electron chi connectivity index (χ3n) is 3.16. The Morgan fingerprint density at radius 3 is 2.70 bits per heavy atom. The van der Waals surface area contributed by atoms with E-state index in [9.17, 15) is 9.59 Å². The number of rotatable bonds is 3. The van der Waals surface area contributed by atoms with Crippen molar-refractivity contribution in [2.24, 2.45) is 0 Å². The van der Waals surface area contributed by atoms with E-state index in [1.54, 1.807) is 13.0 Å². The van der Waals surface area contributed by atoms with Crippen molar-refractivity contribution in [1.29, 1.82) is 0 Å². The molecule has 0 spiro atoms. The van der Waals surface area contributed by atoms with E-state index in [2.05, 4.69) is 10.6 Å². The molecule has 1 atom stereocenters. The average Bonchev–Trinajstić information content (AvgIpc) is 2.85. The standard InChI is InChI=1S/C13H15ClN2O3.ClH/c1-7-5-8(14)6-9(13(18)19)11(7)16-12(17)10-3-2-4-15-10;/h5-6,10,15H,2-4H2,1H3,(H,16,17)(H,18,19);1H/t10-;/m0./s1. The summed E-state index contributed by atoms with van der Waals surface area (Å²) in [6.45, 7) is 2.53. The Morgan fingerprint density at radius 2 is 2.15 bits per heavy atom. The maximum Gasteiger partial charge on any atom is 0.337 e. The molecule has 0 bridgehead atoms. The molecule has 0 radical (unpaired) electrons. The zero-order valence-electron chi connectivity index (χ0n) is 10.9. The fraction of sp³-hybridized carbons (Fsp3) is 0.385. The monoisotopic (exact) mass is 318 g/mol. The molecular formula is C13H16Cl2N2O3. The highest BCUT2D eigenvalue weighted by atomic mass is 35.5. The molecule has 1 saturated heterocycles. The number of aromatic carboxylic acids is 1. The summed E-state index contributed by atoms with van der Waals surface area (Å²) in [7, 11) is 0. The molecule has 3 N–H and O–H groups in total. The van der Waals surface area contributed by atoms with Crippen LogP contribution in [0.5, 0.6) is 0 Å². The van der Waals surface area contributed by atoms with Crippen molar-refractivity contribution in [3.63, 3.8) is 0 Å². The second kappa shape index (κ2) is 6.92. The number of aryl methyl sites for hydroxylation is 1. The van der Waals surface area contributed by atoms with Gasteiger partial charge in [0.25, 0.3) is 0 Å².